The Morgan fingerprint density at radius 2 is 2.29 bits per heavy atom. The minimum atomic E-state index is -0.498. The van der Waals surface area contributed by atoms with Crippen molar-refractivity contribution >= 4 is 17.7 Å². The largest absolute Gasteiger partial charge is 0.465 e. The van der Waals surface area contributed by atoms with Gasteiger partial charge in [0.1, 0.15) is 5.82 Å². The lowest BCUT2D eigenvalue weighted by Crippen LogP contribution is -2.03. The molecule has 0 saturated heterocycles. The molecule has 2 aromatic rings. The van der Waals surface area contributed by atoms with Gasteiger partial charge in [-0.25, -0.2) is 9.18 Å². The molecule has 1 aromatic carbocycles. The van der Waals surface area contributed by atoms with Crippen molar-refractivity contribution in [1.82, 2.24) is 10.2 Å². The van der Waals surface area contributed by atoms with Crippen LogP contribution in [0, 0.1) is 5.82 Å². The van der Waals surface area contributed by atoms with Crippen LogP contribution in [0.3, 0.4) is 0 Å². The summed E-state index contributed by atoms with van der Waals surface area (Å²) in [4.78, 5) is 12.1. The van der Waals surface area contributed by atoms with Crippen molar-refractivity contribution in [3.05, 3.63) is 41.4 Å². The van der Waals surface area contributed by atoms with Crippen molar-refractivity contribution in [2.75, 3.05) is 7.11 Å². The predicted octanol–water partition coefficient (Wildman–Crippen LogP) is 3.17. The summed E-state index contributed by atoms with van der Waals surface area (Å²) >= 11 is 1.27. The number of carbonyl (C=O) groups is 1. The van der Waals surface area contributed by atoms with E-state index >= 15 is 0 Å². The van der Waals surface area contributed by atoms with Gasteiger partial charge in [-0.05, 0) is 31.0 Å². The quantitative estimate of drug-likeness (QED) is 0.624. The molecule has 0 spiro atoms. The zero-order chi connectivity index (χ0) is 14.8. The van der Waals surface area contributed by atoms with Gasteiger partial charge in [-0.2, -0.15) is 0 Å². The van der Waals surface area contributed by atoms with Crippen molar-refractivity contribution in [2.45, 2.75) is 29.4 Å². The van der Waals surface area contributed by atoms with Gasteiger partial charge in [0.2, 0.25) is 11.8 Å². The molecule has 1 aliphatic carbocycles. The number of aromatic nitrogens is 2. The van der Waals surface area contributed by atoms with E-state index in [1.54, 1.807) is 0 Å². The zero-order valence-electron chi connectivity index (χ0n) is 11.3. The minimum Gasteiger partial charge on any atom is -0.465 e. The molecule has 1 fully saturated rings. The van der Waals surface area contributed by atoms with Gasteiger partial charge in [0, 0.05) is 10.8 Å². The first kappa shape index (κ1) is 14.1. The average Bonchev–Trinajstić information content (AvgIpc) is 3.23. The SMILES string of the molecule is COC(=O)c1ccc(F)cc1SCc1nnc(C2CC2)o1. The molecule has 0 atom stereocenters. The third kappa shape index (κ3) is 3.24. The topological polar surface area (TPSA) is 65.2 Å². The minimum absolute atomic E-state index is 0.325. The fourth-order valence-corrected chi connectivity index (χ4v) is 2.75. The highest BCUT2D eigenvalue weighted by Crippen LogP contribution is 2.39. The van der Waals surface area contributed by atoms with E-state index in [0.29, 0.717) is 33.9 Å². The number of carbonyl (C=O) groups excluding carboxylic acids is 1. The monoisotopic (exact) mass is 308 g/mol. The van der Waals surface area contributed by atoms with Gasteiger partial charge in [0.15, 0.2) is 0 Å². The first-order chi connectivity index (χ1) is 10.2. The van der Waals surface area contributed by atoms with Crippen molar-refractivity contribution in [1.29, 1.82) is 0 Å². The highest BCUT2D eigenvalue weighted by molar-refractivity contribution is 7.98. The van der Waals surface area contributed by atoms with Crippen LogP contribution in [-0.2, 0) is 10.5 Å². The summed E-state index contributed by atoms with van der Waals surface area (Å²) in [6.45, 7) is 0. The van der Waals surface area contributed by atoms with E-state index < -0.39 is 11.8 Å². The highest BCUT2D eigenvalue weighted by Gasteiger charge is 2.29. The molecule has 1 aromatic heterocycles. The molecule has 5 nitrogen and oxygen atoms in total. The molecule has 0 unspecified atom stereocenters. The van der Waals surface area contributed by atoms with Crippen LogP contribution >= 0.6 is 11.8 Å². The summed E-state index contributed by atoms with van der Waals surface area (Å²) in [6, 6.07) is 3.94. The Bertz CT molecular complexity index is 670. The van der Waals surface area contributed by atoms with E-state index in [4.69, 9.17) is 4.42 Å². The molecule has 0 aliphatic heterocycles. The van der Waals surface area contributed by atoms with Crippen molar-refractivity contribution in [3.8, 4) is 0 Å². The number of thioether (sulfide) groups is 1. The first-order valence-electron chi connectivity index (χ1n) is 6.50. The molecule has 1 heterocycles. The molecule has 1 saturated carbocycles. The summed E-state index contributed by atoms with van der Waals surface area (Å²) in [5, 5.41) is 7.95. The Kier molecular flexibility index (Phi) is 3.92. The zero-order valence-corrected chi connectivity index (χ0v) is 12.2. The van der Waals surface area contributed by atoms with Crippen LogP contribution < -0.4 is 0 Å². The Morgan fingerprint density at radius 1 is 1.48 bits per heavy atom. The van der Waals surface area contributed by atoms with Crippen LogP contribution in [0.5, 0.6) is 0 Å². The molecule has 0 amide bonds. The van der Waals surface area contributed by atoms with Gasteiger partial charge >= 0.3 is 5.97 Å². The summed E-state index contributed by atoms with van der Waals surface area (Å²) in [5.41, 5.74) is 0.325. The van der Waals surface area contributed by atoms with Crippen molar-refractivity contribution in [2.24, 2.45) is 0 Å². The second kappa shape index (κ2) is 5.85. The van der Waals surface area contributed by atoms with E-state index in [1.807, 2.05) is 0 Å². The third-order valence-electron chi connectivity index (χ3n) is 3.11. The van der Waals surface area contributed by atoms with E-state index in [1.165, 1.54) is 37.1 Å². The third-order valence-corrected chi connectivity index (χ3v) is 4.15. The molecule has 110 valence electrons. The van der Waals surface area contributed by atoms with Gasteiger partial charge in [-0.1, -0.05) is 0 Å². The molecule has 3 rings (SSSR count). The number of benzene rings is 1. The van der Waals surface area contributed by atoms with Gasteiger partial charge in [-0.3, -0.25) is 0 Å². The standard InChI is InChI=1S/C14H13FN2O3S/c1-19-14(18)10-5-4-9(15)6-11(10)21-7-12-16-17-13(20-12)8-2-3-8/h4-6,8H,2-3,7H2,1H3. The molecule has 1 aliphatic rings. The lowest BCUT2D eigenvalue weighted by Gasteiger charge is -2.06. The van der Waals surface area contributed by atoms with Gasteiger partial charge < -0.3 is 9.15 Å². The Balaban J connectivity index is 1.73. The maximum absolute atomic E-state index is 13.3. The van der Waals surface area contributed by atoms with Crippen LogP contribution in [0.2, 0.25) is 0 Å². The van der Waals surface area contributed by atoms with E-state index in [2.05, 4.69) is 14.9 Å². The highest BCUT2D eigenvalue weighted by atomic mass is 32.2. The smallest absolute Gasteiger partial charge is 0.338 e. The van der Waals surface area contributed by atoms with E-state index in [0.717, 1.165) is 12.8 Å². The van der Waals surface area contributed by atoms with Gasteiger partial charge in [-0.15, -0.1) is 22.0 Å². The summed E-state index contributed by atoms with van der Waals surface area (Å²) < 4.78 is 23.6. The number of ether oxygens (including phenoxy) is 1. The normalized spacial score (nSPS) is 14.2. The molecule has 21 heavy (non-hydrogen) atoms. The van der Waals surface area contributed by atoms with Crippen LogP contribution in [0.15, 0.2) is 27.5 Å². The second-order valence-corrected chi connectivity index (χ2v) is 5.75. The first-order valence-corrected chi connectivity index (χ1v) is 7.49. The molecular formula is C14H13FN2O3S. The number of hydrogen-bond acceptors (Lipinski definition) is 6. The summed E-state index contributed by atoms with van der Waals surface area (Å²) in [7, 11) is 1.29. The Labute approximate surface area is 124 Å². The van der Waals surface area contributed by atoms with E-state index in [-0.39, 0.29) is 0 Å². The number of esters is 1. The Morgan fingerprint density at radius 3 is 3.00 bits per heavy atom. The van der Waals surface area contributed by atoms with Crippen molar-refractivity contribution < 1.29 is 18.3 Å². The number of rotatable bonds is 5. The summed E-state index contributed by atoms with van der Waals surface area (Å²) in [5.74, 6) is 1.01. The van der Waals surface area contributed by atoms with Gasteiger partial charge in [0.05, 0.1) is 18.4 Å². The number of methoxy groups -OCH3 is 1. The maximum Gasteiger partial charge on any atom is 0.338 e. The fraction of sp³-hybridized carbons (Fsp3) is 0.357. The number of hydrogen-bond donors (Lipinski definition) is 0. The number of halogens is 1. The second-order valence-electron chi connectivity index (χ2n) is 4.73. The van der Waals surface area contributed by atoms with Gasteiger partial charge in [0.25, 0.3) is 0 Å². The van der Waals surface area contributed by atoms with Crippen LogP contribution in [0.4, 0.5) is 4.39 Å². The molecule has 0 N–H and O–H groups in total. The molecule has 0 radical (unpaired) electrons. The van der Waals surface area contributed by atoms with E-state index in [9.17, 15) is 9.18 Å². The van der Waals surface area contributed by atoms with Crippen LogP contribution in [0.25, 0.3) is 0 Å². The predicted molar refractivity (Wildman–Crippen MR) is 73.6 cm³/mol. The fourth-order valence-electron chi connectivity index (χ4n) is 1.85. The Hall–Kier alpha value is -1.89. The molecule has 7 heteroatoms. The van der Waals surface area contributed by atoms with Crippen LogP contribution in [0.1, 0.15) is 40.9 Å². The number of nitrogens with zero attached hydrogens (tertiary/aromatic N) is 2. The molecule has 0 bridgehead atoms. The lowest BCUT2D eigenvalue weighted by molar-refractivity contribution is 0.0596. The lowest BCUT2D eigenvalue weighted by atomic mass is 10.2. The average molecular weight is 308 g/mol. The summed E-state index contributed by atoms with van der Waals surface area (Å²) in [6.07, 6.45) is 2.18. The van der Waals surface area contributed by atoms with Crippen molar-refractivity contribution in [3.63, 3.8) is 0 Å². The van der Waals surface area contributed by atoms with Crippen LogP contribution in [-0.4, -0.2) is 23.3 Å². The maximum atomic E-state index is 13.3. The molecular weight excluding hydrogens is 295 g/mol.